The molecule has 0 fully saturated rings. The second-order valence-corrected chi connectivity index (χ2v) is 17.0. The smallest absolute Gasteiger partial charge is 0.405 e. The molecule has 4 aromatic carbocycles. The first kappa shape index (κ1) is 45.0. The number of nitrogens with one attached hydrogen (secondary N) is 3. The molecule has 2 heterocycles. The van der Waals surface area contributed by atoms with Gasteiger partial charge < -0.3 is 25.2 Å². The van der Waals surface area contributed by atoms with E-state index in [4.69, 9.17) is 25.9 Å². The van der Waals surface area contributed by atoms with Crippen molar-refractivity contribution < 1.29 is 52.7 Å². The maximum atomic E-state index is 13.6. The summed E-state index contributed by atoms with van der Waals surface area (Å²) in [4.78, 5) is 5.48. The zero-order chi connectivity index (χ0) is 42.3. The number of para-hydroxylation sites is 2. The van der Waals surface area contributed by atoms with Gasteiger partial charge in [0.25, 0.3) is 9.05 Å². The standard InChI is InChI=1S/C19H19F3N2O3S.C11H11F3N2.C8H9ClO3S/c1-12-7-8-17(16(9-12)27-2)28(25,26)24-18(19(20,21)22)10-13-11-23-15-6-4-3-5-14(13)15;12-11(13,14)10(15)5-7-6-16-9-4-2-1-3-8(7)9;1-6-3-4-8(13(9,10)11)7(5-6)12-2/h3-9,11,18,23-24H,10H2,1-2H3;1-4,6,10,16H,5,15H2;3-5H,1-2H3. The number of sulfonamides is 1. The Hall–Kier alpha value is -4.75. The quantitative estimate of drug-likeness (QED) is 0.0796. The monoisotopic (exact) mass is 860 g/mol. The number of nitrogens with two attached hydrogens (primary N) is 1. The lowest BCUT2D eigenvalue weighted by atomic mass is 10.1. The van der Waals surface area contributed by atoms with Gasteiger partial charge in [-0.15, -0.1) is 0 Å². The number of fused-ring (bicyclic) bond motifs is 2. The predicted molar refractivity (Wildman–Crippen MR) is 207 cm³/mol. The number of H-pyrrole nitrogens is 2. The summed E-state index contributed by atoms with van der Waals surface area (Å²) in [7, 11) is -0.324. The highest BCUT2D eigenvalue weighted by Crippen LogP contribution is 2.31. The molecular formula is C38H39ClF6N4O6S2. The van der Waals surface area contributed by atoms with Crippen LogP contribution in [0.2, 0.25) is 0 Å². The second-order valence-electron chi connectivity index (χ2n) is 12.7. The first-order chi connectivity index (χ1) is 26.5. The van der Waals surface area contributed by atoms with E-state index in [0.29, 0.717) is 22.0 Å². The van der Waals surface area contributed by atoms with E-state index in [-0.39, 0.29) is 27.7 Å². The van der Waals surface area contributed by atoms with Crippen LogP contribution in [-0.4, -0.2) is 65.5 Å². The maximum Gasteiger partial charge on any atom is 0.405 e. The fourth-order valence-electron chi connectivity index (χ4n) is 5.62. The van der Waals surface area contributed by atoms with Gasteiger partial charge >= 0.3 is 12.4 Å². The third-order valence-electron chi connectivity index (χ3n) is 8.52. The van der Waals surface area contributed by atoms with Crippen molar-refractivity contribution in [3.8, 4) is 11.5 Å². The number of methoxy groups -OCH3 is 2. The third-order valence-corrected chi connectivity index (χ3v) is 11.4. The Bertz CT molecular complexity index is 2520. The summed E-state index contributed by atoms with van der Waals surface area (Å²) in [6.07, 6.45) is -6.82. The number of rotatable bonds is 10. The van der Waals surface area contributed by atoms with Crippen molar-refractivity contribution in [3.63, 3.8) is 0 Å². The summed E-state index contributed by atoms with van der Waals surface area (Å²) in [5.41, 5.74) is 9.21. The fraction of sp³-hybridized carbons (Fsp3) is 0.263. The summed E-state index contributed by atoms with van der Waals surface area (Å²) < 4.78 is 137. The molecular weight excluding hydrogens is 822 g/mol. The zero-order valence-corrected chi connectivity index (χ0v) is 33.2. The van der Waals surface area contributed by atoms with Gasteiger partial charge in [-0.2, -0.15) is 31.1 Å². The Morgan fingerprint density at radius 2 is 1.12 bits per heavy atom. The number of alkyl halides is 6. The highest BCUT2D eigenvalue weighted by Gasteiger charge is 2.43. The van der Waals surface area contributed by atoms with Crippen molar-refractivity contribution in [1.82, 2.24) is 14.7 Å². The first-order valence-corrected chi connectivity index (χ1v) is 20.6. The van der Waals surface area contributed by atoms with Crippen molar-refractivity contribution >= 4 is 51.6 Å². The maximum absolute atomic E-state index is 13.6. The van der Waals surface area contributed by atoms with Crippen molar-refractivity contribution in [3.05, 3.63) is 120 Å². The molecule has 6 aromatic rings. The summed E-state index contributed by atoms with van der Waals surface area (Å²) in [5.74, 6) is 0.260. The van der Waals surface area contributed by atoms with Crippen molar-refractivity contribution in [2.75, 3.05) is 14.2 Å². The van der Waals surface area contributed by atoms with Crippen molar-refractivity contribution in [2.24, 2.45) is 5.73 Å². The lowest BCUT2D eigenvalue weighted by Gasteiger charge is -2.22. The highest BCUT2D eigenvalue weighted by molar-refractivity contribution is 8.13. The number of hydrogen-bond donors (Lipinski definition) is 4. The molecule has 0 aliphatic carbocycles. The van der Waals surface area contributed by atoms with E-state index in [1.807, 2.05) is 19.1 Å². The molecule has 0 aliphatic heterocycles. The van der Waals surface area contributed by atoms with Gasteiger partial charge in [0.15, 0.2) is 0 Å². The number of halogens is 7. The van der Waals surface area contributed by atoms with Crippen LogP contribution in [0.15, 0.2) is 107 Å². The Kier molecular flexibility index (Phi) is 14.4. The number of aromatic nitrogens is 2. The van der Waals surface area contributed by atoms with E-state index in [0.717, 1.165) is 22.0 Å². The van der Waals surface area contributed by atoms with E-state index in [1.54, 1.807) is 66.4 Å². The molecule has 0 radical (unpaired) electrons. The van der Waals surface area contributed by atoms with Crippen LogP contribution in [0.5, 0.6) is 11.5 Å². The van der Waals surface area contributed by atoms with Crippen LogP contribution >= 0.6 is 10.7 Å². The van der Waals surface area contributed by atoms with Crippen LogP contribution in [0.4, 0.5) is 26.3 Å². The average molecular weight is 861 g/mol. The van der Waals surface area contributed by atoms with Crippen molar-refractivity contribution in [2.45, 2.75) is 60.9 Å². The SMILES string of the molecule is COc1cc(C)ccc1S(=O)(=O)Cl.COc1cc(C)ccc1S(=O)(=O)NC(Cc1c[nH]c2ccccc12)C(F)(F)F.NC(Cc1c[nH]c2ccccc12)C(F)(F)F. The summed E-state index contributed by atoms with van der Waals surface area (Å²) in [5, 5.41) is 1.41. The molecule has 2 unspecified atom stereocenters. The molecule has 10 nitrogen and oxygen atoms in total. The average Bonchev–Trinajstić information content (AvgIpc) is 3.74. The number of hydrogen-bond acceptors (Lipinski definition) is 7. The first-order valence-electron chi connectivity index (χ1n) is 16.8. The molecule has 0 saturated carbocycles. The number of aromatic amines is 2. The number of ether oxygens (including phenoxy) is 2. The highest BCUT2D eigenvalue weighted by atomic mass is 35.7. The van der Waals surface area contributed by atoms with E-state index in [2.05, 4.69) is 9.97 Å². The lowest BCUT2D eigenvalue weighted by Crippen LogP contribution is -2.46. The van der Waals surface area contributed by atoms with Crippen LogP contribution in [0, 0.1) is 13.8 Å². The van der Waals surface area contributed by atoms with Gasteiger partial charge in [-0.05, 0) is 85.3 Å². The van der Waals surface area contributed by atoms with Gasteiger partial charge in [0.2, 0.25) is 10.0 Å². The molecule has 6 rings (SSSR count). The van der Waals surface area contributed by atoms with Gasteiger partial charge in [0.1, 0.15) is 33.4 Å². The molecule has 0 saturated heterocycles. The Morgan fingerprint density at radius 1 is 0.684 bits per heavy atom. The molecule has 2 atom stereocenters. The molecule has 5 N–H and O–H groups in total. The van der Waals surface area contributed by atoms with Crippen molar-refractivity contribution in [1.29, 1.82) is 0 Å². The minimum atomic E-state index is -4.77. The molecule has 57 heavy (non-hydrogen) atoms. The Labute approximate surface area is 329 Å². The fourth-order valence-corrected chi connectivity index (χ4v) is 7.99. The Morgan fingerprint density at radius 3 is 1.56 bits per heavy atom. The number of benzene rings is 4. The lowest BCUT2D eigenvalue weighted by molar-refractivity contribution is -0.151. The van der Waals surface area contributed by atoms with Crippen LogP contribution in [0.3, 0.4) is 0 Å². The third kappa shape index (κ3) is 11.9. The largest absolute Gasteiger partial charge is 0.495 e. The second kappa shape index (κ2) is 18.2. The number of aryl methyl sites for hydroxylation is 2. The van der Waals surface area contributed by atoms with Crippen LogP contribution in [0.25, 0.3) is 21.8 Å². The Balaban J connectivity index is 0.000000209. The summed E-state index contributed by atoms with van der Waals surface area (Å²) >= 11 is 0. The van der Waals surface area contributed by atoms with Gasteiger partial charge in [-0.1, -0.05) is 48.5 Å². The molecule has 0 bridgehead atoms. The molecule has 19 heteroatoms. The molecule has 0 amide bonds. The van der Waals surface area contributed by atoms with E-state index in [9.17, 15) is 43.2 Å². The van der Waals surface area contributed by atoms with Gasteiger partial charge in [0.05, 0.1) is 14.2 Å². The topological polar surface area (TPSA) is 156 Å². The molecule has 0 aliphatic rings. The van der Waals surface area contributed by atoms with Crippen LogP contribution < -0.4 is 19.9 Å². The van der Waals surface area contributed by atoms with Crippen LogP contribution in [0.1, 0.15) is 22.3 Å². The molecule has 308 valence electrons. The van der Waals surface area contributed by atoms with Gasteiger partial charge in [-0.3, -0.25) is 0 Å². The summed E-state index contributed by atoms with van der Waals surface area (Å²) in [6.45, 7) is 3.56. The summed E-state index contributed by atoms with van der Waals surface area (Å²) in [6, 6.07) is 18.9. The van der Waals surface area contributed by atoms with E-state index < -0.39 is 49.9 Å². The zero-order valence-electron chi connectivity index (χ0n) is 30.8. The molecule has 0 spiro atoms. The van der Waals surface area contributed by atoms with E-state index in [1.165, 1.54) is 44.7 Å². The van der Waals surface area contributed by atoms with Crippen LogP contribution in [-0.2, 0) is 31.9 Å². The van der Waals surface area contributed by atoms with E-state index >= 15 is 0 Å². The minimum absolute atomic E-state index is 0.00210. The van der Waals surface area contributed by atoms with Gasteiger partial charge in [-0.25, -0.2) is 16.8 Å². The predicted octanol–water partition coefficient (Wildman–Crippen LogP) is 8.47. The van der Waals surface area contributed by atoms with Gasteiger partial charge in [0, 0.05) is 44.9 Å². The normalized spacial score (nSPS) is 13.3. The minimum Gasteiger partial charge on any atom is -0.495 e. The molecule has 2 aromatic heterocycles.